The lowest BCUT2D eigenvalue weighted by Crippen LogP contribution is -2.59. The minimum absolute atomic E-state index is 0.00107. The van der Waals surface area contributed by atoms with Gasteiger partial charge in [0, 0.05) is 13.1 Å². The van der Waals surface area contributed by atoms with Crippen LogP contribution in [0.2, 0.25) is 0 Å². The molecule has 1 heterocycles. The Morgan fingerprint density at radius 3 is 2.52 bits per heavy atom. The number of sulfonamides is 1. The van der Waals surface area contributed by atoms with Gasteiger partial charge in [0.15, 0.2) is 0 Å². The quantitative estimate of drug-likeness (QED) is 0.821. The summed E-state index contributed by atoms with van der Waals surface area (Å²) in [5.41, 5.74) is -0.537. The summed E-state index contributed by atoms with van der Waals surface area (Å²) in [7, 11) is -4.02. The van der Waals surface area contributed by atoms with Crippen LogP contribution in [0.1, 0.15) is 26.3 Å². The number of carbonyl (C=O) groups excluding carboxylic acids is 1. The first-order chi connectivity index (χ1) is 12.4. The highest BCUT2D eigenvalue weighted by Gasteiger charge is 2.41. The molecule has 1 fully saturated rings. The predicted molar refractivity (Wildman–Crippen MR) is 95.0 cm³/mol. The van der Waals surface area contributed by atoms with Gasteiger partial charge in [-0.3, -0.25) is 4.79 Å². The second-order valence-electron chi connectivity index (χ2n) is 7.28. The summed E-state index contributed by atoms with van der Waals surface area (Å²) in [6.07, 6.45) is -0.698. The Morgan fingerprint density at radius 2 is 1.96 bits per heavy atom. The molecule has 0 spiro atoms. The van der Waals surface area contributed by atoms with Gasteiger partial charge in [-0.05, 0) is 38.5 Å². The first-order valence-corrected chi connectivity index (χ1v) is 9.95. The van der Waals surface area contributed by atoms with Crippen LogP contribution in [0, 0.1) is 5.82 Å². The first-order valence-electron chi connectivity index (χ1n) is 8.34. The maximum atomic E-state index is 13.3. The van der Waals surface area contributed by atoms with Gasteiger partial charge in [0.05, 0.1) is 12.3 Å². The number of nitrogens with zero attached hydrogens (tertiary/aromatic N) is 2. The minimum atomic E-state index is -4.02. The molecule has 150 valence electrons. The van der Waals surface area contributed by atoms with E-state index in [0.717, 1.165) is 10.4 Å². The molecule has 0 radical (unpaired) electrons. The van der Waals surface area contributed by atoms with E-state index < -0.39 is 45.3 Å². The molecule has 8 nitrogen and oxygen atoms in total. The van der Waals surface area contributed by atoms with Crippen LogP contribution in [0.5, 0.6) is 0 Å². The van der Waals surface area contributed by atoms with E-state index in [1.807, 2.05) is 0 Å². The average Bonchev–Trinajstić information content (AvgIpc) is 2.52. The van der Waals surface area contributed by atoms with Gasteiger partial charge in [-0.25, -0.2) is 17.6 Å². The predicted octanol–water partition coefficient (Wildman–Crippen LogP) is 1.66. The van der Waals surface area contributed by atoms with Crippen molar-refractivity contribution in [2.24, 2.45) is 0 Å². The molecular formula is C17H23FN2O6S. The number of amides is 1. The van der Waals surface area contributed by atoms with Crippen molar-refractivity contribution in [2.45, 2.75) is 38.2 Å². The smallest absolute Gasteiger partial charge is 0.410 e. The molecule has 1 saturated heterocycles. The normalized spacial score (nSPS) is 19.0. The molecule has 1 atom stereocenters. The van der Waals surface area contributed by atoms with E-state index in [4.69, 9.17) is 4.74 Å². The third kappa shape index (κ3) is 5.64. The third-order valence-electron chi connectivity index (χ3n) is 3.86. The van der Waals surface area contributed by atoms with Gasteiger partial charge in [-0.15, -0.1) is 0 Å². The monoisotopic (exact) mass is 402 g/mol. The second kappa shape index (κ2) is 7.81. The molecule has 0 unspecified atom stereocenters. The van der Waals surface area contributed by atoms with Gasteiger partial charge in [0.1, 0.15) is 17.5 Å². The molecule has 2 rings (SSSR count). The molecule has 1 aliphatic heterocycles. The van der Waals surface area contributed by atoms with Crippen molar-refractivity contribution in [1.29, 1.82) is 0 Å². The number of rotatable bonds is 4. The highest BCUT2D eigenvalue weighted by atomic mass is 32.2. The van der Waals surface area contributed by atoms with Crippen molar-refractivity contribution in [2.75, 3.05) is 19.6 Å². The molecular weight excluding hydrogens is 379 g/mol. The van der Waals surface area contributed by atoms with E-state index in [0.29, 0.717) is 0 Å². The van der Waals surface area contributed by atoms with Crippen LogP contribution in [0.4, 0.5) is 9.18 Å². The summed E-state index contributed by atoms with van der Waals surface area (Å²) in [5, 5.41) is 9.47. The van der Waals surface area contributed by atoms with Crippen molar-refractivity contribution in [1.82, 2.24) is 9.21 Å². The number of aliphatic carboxylic acids is 1. The zero-order valence-corrected chi connectivity index (χ0v) is 16.2. The summed E-state index contributed by atoms with van der Waals surface area (Å²) in [6, 6.07) is 3.67. The lowest BCUT2D eigenvalue weighted by Gasteiger charge is -2.38. The van der Waals surface area contributed by atoms with Crippen molar-refractivity contribution >= 4 is 22.1 Å². The SMILES string of the molecule is CC(C)(C)OC(=O)N1CCN(S(=O)(=O)Cc2cccc(F)c2)[C@@H](C(=O)O)C1. The van der Waals surface area contributed by atoms with E-state index in [9.17, 15) is 27.5 Å². The van der Waals surface area contributed by atoms with Crippen molar-refractivity contribution in [3.63, 3.8) is 0 Å². The number of ether oxygens (including phenoxy) is 1. The van der Waals surface area contributed by atoms with E-state index in [1.165, 1.54) is 23.1 Å². The zero-order chi connectivity index (χ0) is 20.4. The van der Waals surface area contributed by atoms with Crippen LogP contribution in [-0.2, 0) is 25.3 Å². The number of carboxylic acid groups (broad SMARTS) is 1. The number of hydrogen-bond donors (Lipinski definition) is 1. The lowest BCUT2D eigenvalue weighted by molar-refractivity contribution is -0.143. The van der Waals surface area contributed by atoms with Crippen LogP contribution < -0.4 is 0 Å². The number of hydrogen-bond acceptors (Lipinski definition) is 5. The Kier molecular flexibility index (Phi) is 6.10. The highest BCUT2D eigenvalue weighted by molar-refractivity contribution is 7.88. The van der Waals surface area contributed by atoms with Gasteiger partial charge in [0.2, 0.25) is 10.0 Å². The molecule has 0 saturated carbocycles. The molecule has 1 amide bonds. The van der Waals surface area contributed by atoms with Gasteiger partial charge >= 0.3 is 12.1 Å². The van der Waals surface area contributed by atoms with Crippen LogP contribution in [0.15, 0.2) is 24.3 Å². The zero-order valence-electron chi connectivity index (χ0n) is 15.4. The van der Waals surface area contributed by atoms with Crippen LogP contribution >= 0.6 is 0 Å². The molecule has 1 aliphatic rings. The fourth-order valence-corrected chi connectivity index (χ4v) is 4.38. The Hall–Kier alpha value is -2.20. The third-order valence-corrected chi connectivity index (χ3v) is 5.71. The van der Waals surface area contributed by atoms with Crippen molar-refractivity contribution < 1.29 is 32.2 Å². The van der Waals surface area contributed by atoms with Crippen LogP contribution in [-0.4, -0.2) is 66.1 Å². The standard InChI is InChI=1S/C17H23FN2O6S/c1-17(2,3)26-16(23)19-7-8-20(14(10-19)15(21)22)27(24,25)11-12-5-4-6-13(18)9-12/h4-6,9,14H,7-8,10-11H2,1-3H3,(H,21,22)/t14-/m1/s1. The molecule has 1 aromatic rings. The molecule has 0 aromatic heterocycles. The number of carboxylic acids is 1. The maximum Gasteiger partial charge on any atom is 0.410 e. The molecule has 0 aliphatic carbocycles. The Balaban J connectivity index is 2.17. The summed E-state index contributed by atoms with van der Waals surface area (Å²) >= 11 is 0. The van der Waals surface area contributed by atoms with Crippen LogP contribution in [0.25, 0.3) is 0 Å². The Labute approximate surface area is 157 Å². The van der Waals surface area contributed by atoms with Crippen LogP contribution in [0.3, 0.4) is 0 Å². The topological polar surface area (TPSA) is 104 Å². The second-order valence-corrected chi connectivity index (χ2v) is 9.20. The summed E-state index contributed by atoms with van der Waals surface area (Å²) < 4.78 is 44.8. The fourth-order valence-electron chi connectivity index (χ4n) is 2.71. The largest absolute Gasteiger partial charge is 0.480 e. The Bertz CT molecular complexity index is 821. The molecule has 1 N–H and O–H groups in total. The van der Waals surface area contributed by atoms with Gasteiger partial charge < -0.3 is 14.7 Å². The van der Waals surface area contributed by atoms with E-state index in [1.54, 1.807) is 20.8 Å². The fraction of sp³-hybridized carbons (Fsp3) is 0.529. The minimum Gasteiger partial charge on any atom is -0.480 e. The molecule has 27 heavy (non-hydrogen) atoms. The highest BCUT2D eigenvalue weighted by Crippen LogP contribution is 2.21. The number of piperazine rings is 1. The number of halogens is 1. The Morgan fingerprint density at radius 1 is 1.30 bits per heavy atom. The summed E-state index contributed by atoms with van der Waals surface area (Å²) in [5.74, 6) is -2.47. The van der Waals surface area contributed by atoms with Gasteiger partial charge in [0.25, 0.3) is 0 Å². The molecule has 0 bridgehead atoms. The van der Waals surface area contributed by atoms with E-state index >= 15 is 0 Å². The molecule has 10 heteroatoms. The summed E-state index contributed by atoms with van der Waals surface area (Å²) in [4.78, 5) is 25.0. The average molecular weight is 402 g/mol. The number of benzene rings is 1. The first kappa shape index (κ1) is 21.1. The maximum absolute atomic E-state index is 13.3. The van der Waals surface area contributed by atoms with Gasteiger partial charge in [-0.2, -0.15) is 4.31 Å². The van der Waals surface area contributed by atoms with Gasteiger partial charge in [-0.1, -0.05) is 12.1 Å². The van der Waals surface area contributed by atoms with E-state index in [2.05, 4.69) is 0 Å². The van der Waals surface area contributed by atoms with Crippen molar-refractivity contribution in [3.05, 3.63) is 35.6 Å². The number of carbonyl (C=O) groups is 2. The lowest BCUT2D eigenvalue weighted by atomic mass is 10.2. The van der Waals surface area contributed by atoms with E-state index in [-0.39, 0.29) is 25.2 Å². The summed E-state index contributed by atoms with van der Waals surface area (Å²) in [6.45, 7) is 4.53. The molecule has 1 aromatic carbocycles. The van der Waals surface area contributed by atoms with Crippen molar-refractivity contribution in [3.8, 4) is 0 Å².